The van der Waals surface area contributed by atoms with E-state index in [9.17, 15) is 8.42 Å². The lowest BCUT2D eigenvalue weighted by molar-refractivity contribution is 0.298. The number of hydrogen-bond acceptors (Lipinski definition) is 4. The molecule has 25 heavy (non-hydrogen) atoms. The Hall–Kier alpha value is -1.79. The molecule has 1 heterocycles. The number of benzene rings is 1. The highest BCUT2D eigenvalue weighted by Crippen LogP contribution is 2.31. The third kappa shape index (κ3) is 5.34. The van der Waals surface area contributed by atoms with E-state index in [1.807, 2.05) is 6.92 Å². The van der Waals surface area contributed by atoms with E-state index in [0.29, 0.717) is 17.4 Å². The number of unbranched alkanes of at least 4 members (excludes halogenated alkanes) is 2. The minimum absolute atomic E-state index is 0.0166. The van der Waals surface area contributed by atoms with Gasteiger partial charge in [0.15, 0.2) is 0 Å². The van der Waals surface area contributed by atoms with E-state index >= 15 is 0 Å². The number of ether oxygens (including phenoxy) is 1. The summed E-state index contributed by atoms with van der Waals surface area (Å²) in [5.74, 6) is 0.562. The molecule has 0 spiro atoms. The number of nitrogens with zero attached hydrogens (tertiary/aromatic N) is 1. The summed E-state index contributed by atoms with van der Waals surface area (Å²) < 4.78 is 33.8. The predicted molar refractivity (Wildman–Crippen MR) is 101 cm³/mol. The highest BCUT2D eigenvalue weighted by molar-refractivity contribution is 7.92. The molecule has 0 atom stereocenters. The molecule has 136 valence electrons. The molecule has 0 aliphatic rings. The van der Waals surface area contributed by atoms with Crippen LogP contribution in [0.3, 0.4) is 0 Å². The van der Waals surface area contributed by atoms with Crippen LogP contribution >= 0.6 is 11.6 Å². The third-order valence-corrected chi connectivity index (χ3v) is 5.43. The first-order chi connectivity index (χ1) is 11.8. The molecule has 7 heteroatoms. The normalized spacial score (nSPS) is 11.4. The molecule has 1 aromatic heterocycles. The Bertz CT molecular complexity index is 838. The second-order valence-electron chi connectivity index (χ2n) is 5.87. The highest BCUT2D eigenvalue weighted by atomic mass is 35.5. The van der Waals surface area contributed by atoms with Crippen molar-refractivity contribution in [1.29, 1.82) is 0 Å². The molecule has 0 aliphatic heterocycles. The minimum atomic E-state index is -3.86. The Morgan fingerprint density at radius 2 is 1.96 bits per heavy atom. The molecule has 0 radical (unpaired) electrons. The van der Waals surface area contributed by atoms with E-state index in [0.717, 1.165) is 30.5 Å². The van der Waals surface area contributed by atoms with E-state index in [-0.39, 0.29) is 10.7 Å². The van der Waals surface area contributed by atoms with Gasteiger partial charge in [0.2, 0.25) is 0 Å². The SMILES string of the molecule is CCCCCOc1cc(C)c(Cl)cc1S(=O)(=O)Nc1cccc(C)n1. The third-order valence-electron chi connectivity index (χ3n) is 3.65. The summed E-state index contributed by atoms with van der Waals surface area (Å²) in [4.78, 5) is 4.19. The van der Waals surface area contributed by atoms with Gasteiger partial charge in [-0.05, 0) is 50.1 Å². The van der Waals surface area contributed by atoms with Gasteiger partial charge in [-0.15, -0.1) is 0 Å². The fourth-order valence-electron chi connectivity index (χ4n) is 2.29. The number of aryl methyl sites for hydroxylation is 2. The maximum atomic E-state index is 12.8. The van der Waals surface area contributed by atoms with Crippen molar-refractivity contribution in [2.75, 3.05) is 11.3 Å². The summed E-state index contributed by atoms with van der Waals surface area (Å²) in [5.41, 5.74) is 1.48. The van der Waals surface area contributed by atoms with Crippen LogP contribution in [0.5, 0.6) is 5.75 Å². The fraction of sp³-hybridized carbons (Fsp3) is 0.389. The quantitative estimate of drug-likeness (QED) is 0.670. The van der Waals surface area contributed by atoms with Crippen LogP contribution in [-0.2, 0) is 10.0 Å². The van der Waals surface area contributed by atoms with Gasteiger partial charge in [-0.2, -0.15) is 0 Å². The molecular formula is C18H23ClN2O3S. The standard InChI is InChI=1S/C18H23ClN2O3S/c1-4-5-6-10-24-16-11-13(2)15(19)12-17(16)25(22,23)21-18-9-7-8-14(3)20-18/h7-9,11-12H,4-6,10H2,1-3H3,(H,20,21). The van der Waals surface area contributed by atoms with Crippen LogP contribution in [0, 0.1) is 13.8 Å². The lowest BCUT2D eigenvalue weighted by atomic mass is 10.2. The van der Waals surface area contributed by atoms with Crippen LogP contribution in [0.25, 0.3) is 0 Å². The molecule has 0 saturated heterocycles. The number of halogens is 1. The molecule has 0 unspecified atom stereocenters. The first-order valence-electron chi connectivity index (χ1n) is 8.23. The van der Waals surface area contributed by atoms with Crippen molar-refractivity contribution >= 4 is 27.4 Å². The van der Waals surface area contributed by atoms with E-state index in [1.165, 1.54) is 6.07 Å². The maximum absolute atomic E-state index is 12.8. The minimum Gasteiger partial charge on any atom is -0.492 e. The van der Waals surface area contributed by atoms with Crippen molar-refractivity contribution in [3.63, 3.8) is 0 Å². The number of hydrogen-bond donors (Lipinski definition) is 1. The number of sulfonamides is 1. The predicted octanol–water partition coefficient (Wildman–Crippen LogP) is 4.72. The van der Waals surface area contributed by atoms with Crippen LogP contribution in [0.15, 0.2) is 35.2 Å². The average molecular weight is 383 g/mol. The summed E-state index contributed by atoms with van der Waals surface area (Å²) in [6.07, 6.45) is 2.96. The molecule has 2 rings (SSSR count). The Kier molecular flexibility index (Phi) is 6.67. The van der Waals surface area contributed by atoms with Crippen molar-refractivity contribution in [2.45, 2.75) is 44.9 Å². The molecule has 1 N–H and O–H groups in total. The van der Waals surface area contributed by atoms with Crippen LogP contribution in [0.1, 0.15) is 37.4 Å². The summed E-state index contributed by atoms with van der Waals surface area (Å²) in [7, 11) is -3.86. The second-order valence-corrected chi connectivity index (χ2v) is 7.93. The zero-order chi connectivity index (χ0) is 18.4. The molecule has 0 bridgehead atoms. The van der Waals surface area contributed by atoms with Gasteiger partial charge >= 0.3 is 0 Å². The smallest absolute Gasteiger partial charge is 0.266 e. The topological polar surface area (TPSA) is 68.3 Å². The Morgan fingerprint density at radius 3 is 2.64 bits per heavy atom. The van der Waals surface area contributed by atoms with Gasteiger partial charge in [0, 0.05) is 10.7 Å². The van der Waals surface area contributed by atoms with Gasteiger partial charge in [0.05, 0.1) is 6.61 Å². The van der Waals surface area contributed by atoms with Gasteiger partial charge in [0.1, 0.15) is 16.5 Å². The second kappa shape index (κ2) is 8.54. The van der Waals surface area contributed by atoms with E-state index in [4.69, 9.17) is 16.3 Å². The van der Waals surface area contributed by atoms with Crippen LogP contribution in [0.4, 0.5) is 5.82 Å². The Labute approximate surface area is 154 Å². The highest BCUT2D eigenvalue weighted by Gasteiger charge is 2.22. The maximum Gasteiger partial charge on any atom is 0.266 e. The lowest BCUT2D eigenvalue weighted by Crippen LogP contribution is -2.16. The lowest BCUT2D eigenvalue weighted by Gasteiger charge is -2.15. The van der Waals surface area contributed by atoms with Crippen molar-refractivity contribution in [3.8, 4) is 5.75 Å². The first kappa shape index (κ1) is 19.5. The Morgan fingerprint density at radius 1 is 1.20 bits per heavy atom. The van der Waals surface area contributed by atoms with E-state index < -0.39 is 10.0 Å². The van der Waals surface area contributed by atoms with Gasteiger partial charge < -0.3 is 4.74 Å². The van der Waals surface area contributed by atoms with Crippen molar-refractivity contribution < 1.29 is 13.2 Å². The molecule has 0 fully saturated rings. The van der Waals surface area contributed by atoms with Crippen molar-refractivity contribution in [3.05, 3.63) is 46.6 Å². The monoisotopic (exact) mass is 382 g/mol. The number of pyridine rings is 1. The van der Waals surface area contributed by atoms with Gasteiger partial charge in [0.25, 0.3) is 10.0 Å². The summed E-state index contributed by atoms with van der Waals surface area (Å²) in [6.45, 7) is 6.16. The van der Waals surface area contributed by atoms with Gasteiger partial charge in [-0.1, -0.05) is 37.4 Å². The number of anilines is 1. The molecule has 0 amide bonds. The molecule has 5 nitrogen and oxygen atoms in total. The fourth-order valence-corrected chi connectivity index (χ4v) is 3.67. The van der Waals surface area contributed by atoms with Crippen LogP contribution in [-0.4, -0.2) is 20.0 Å². The van der Waals surface area contributed by atoms with Gasteiger partial charge in [-0.3, -0.25) is 4.72 Å². The summed E-state index contributed by atoms with van der Waals surface area (Å²) >= 11 is 6.14. The largest absolute Gasteiger partial charge is 0.492 e. The zero-order valence-electron chi connectivity index (χ0n) is 14.7. The van der Waals surface area contributed by atoms with Crippen molar-refractivity contribution in [1.82, 2.24) is 4.98 Å². The molecular weight excluding hydrogens is 360 g/mol. The molecule has 0 aliphatic carbocycles. The summed E-state index contributed by atoms with van der Waals surface area (Å²) in [5, 5.41) is 0.374. The molecule has 2 aromatic rings. The number of aromatic nitrogens is 1. The van der Waals surface area contributed by atoms with Crippen LogP contribution < -0.4 is 9.46 Å². The van der Waals surface area contributed by atoms with Crippen LogP contribution in [0.2, 0.25) is 5.02 Å². The van der Waals surface area contributed by atoms with E-state index in [2.05, 4.69) is 16.6 Å². The molecule has 0 saturated carbocycles. The summed E-state index contributed by atoms with van der Waals surface area (Å²) in [6, 6.07) is 8.21. The van der Waals surface area contributed by atoms with E-state index in [1.54, 1.807) is 31.2 Å². The molecule has 1 aromatic carbocycles. The first-order valence-corrected chi connectivity index (χ1v) is 10.1. The van der Waals surface area contributed by atoms with Gasteiger partial charge in [-0.25, -0.2) is 13.4 Å². The average Bonchev–Trinajstić information content (AvgIpc) is 2.54. The Balaban J connectivity index is 2.32. The zero-order valence-corrected chi connectivity index (χ0v) is 16.2. The number of rotatable bonds is 8. The van der Waals surface area contributed by atoms with Crippen molar-refractivity contribution in [2.24, 2.45) is 0 Å². The number of nitrogens with one attached hydrogen (secondary N) is 1.